The fourth-order valence-electron chi connectivity index (χ4n) is 2.62. The van der Waals surface area contributed by atoms with Gasteiger partial charge >= 0.3 is 69.5 Å². The molecule has 2 N–H and O–H groups in total. The molecule has 8 nitrogen and oxygen atoms in total. The van der Waals surface area contributed by atoms with Crippen LogP contribution in [-0.2, 0) is 19.1 Å². The first-order valence-corrected chi connectivity index (χ1v) is 14.7. The second kappa shape index (κ2) is 15.5. The van der Waals surface area contributed by atoms with Crippen molar-refractivity contribution in [2.75, 3.05) is 13.2 Å². The van der Waals surface area contributed by atoms with Crippen LogP contribution in [0.25, 0.3) is 0 Å². The van der Waals surface area contributed by atoms with Gasteiger partial charge in [0, 0.05) is 11.8 Å². The molecular weight excluding hydrogens is 511 g/mol. The summed E-state index contributed by atoms with van der Waals surface area (Å²) < 4.78 is 12.7. The van der Waals surface area contributed by atoms with Crippen molar-refractivity contribution in [3.05, 3.63) is 25.7 Å². The van der Waals surface area contributed by atoms with Gasteiger partial charge in [0.2, 0.25) is 0 Å². The van der Waals surface area contributed by atoms with Crippen LogP contribution in [0, 0.1) is 11.8 Å². The fraction of sp³-hybridized carbons (Fsp3) is 0.727. The predicted molar refractivity (Wildman–Crippen MR) is 114 cm³/mol. The maximum atomic E-state index is 10.2. The van der Waals surface area contributed by atoms with E-state index in [4.69, 9.17) is 19.7 Å². The summed E-state index contributed by atoms with van der Waals surface area (Å²) >= 11 is 0.149. The quantitative estimate of drug-likeness (QED) is 0.181. The van der Waals surface area contributed by atoms with E-state index >= 15 is 0 Å². The number of ether oxygens (including phenoxy) is 2. The molecular formula is C22H36O8Sn. The van der Waals surface area contributed by atoms with Crippen LogP contribution < -0.4 is 10.2 Å². The molecule has 0 aromatic carbocycles. The van der Waals surface area contributed by atoms with E-state index in [0.29, 0.717) is 0 Å². The first-order valence-electron chi connectivity index (χ1n) is 10.7. The van der Waals surface area contributed by atoms with E-state index < -0.39 is 23.1 Å². The van der Waals surface area contributed by atoms with Crippen LogP contribution in [0.5, 0.6) is 0 Å². The zero-order valence-corrected chi connectivity index (χ0v) is 21.5. The van der Waals surface area contributed by atoms with Crippen molar-refractivity contribution in [3.63, 3.8) is 0 Å². The molecule has 4 atom stereocenters. The topological polar surface area (TPSA) is 139 Å². The Balaban J connectivity index is 0.000000439. The molecule has 2 fully saturated rings. The van der Waals surface area contributed by atoms with E-state index in [1.807, 2.05) is 0 Å². The molecule has 176 valence electrons. The van der Waals surface area contributed by atoms with E-state index in [0.717, 1.165) is 0 Å². The molecule has 31 heavy (non-hydrogen) atoms. The second-order valence-corrected chi connectivity index (χ2v) is 12.0. The molecule has 2 saturated carbocycles. The van der Waals surface area contributed by atoms with Gasteiger partial charge in [0.05, 0.1) is 37.7 Å². The van der Waals surface area contributed by atoms with Crippen molar-refractivity contribution in [2.24, 2.45) is 11.8 Å². The third-order valence-corrected chi connectivity index (χ3v) is 9.13. The summed E-state index contributed by atoms with van der Waals surface area (Å²) in [4.78, 5) is 20.4. The minimum absolute atomic E-state index is 0.149. The number of rotatable bonds is 14. The molecule has 4 unspecified atom stereocenters. The van der Waals surface area contributed by atoms with E-state index in [1.54, 1.807) is 8.87 Å². The van der Waals surface area contributed by atoms with Crippen LogP contribution in [0.4, 0.5) is 0 Å². The molecule has 0 aromatic heterocycles. The van der Waals surface area contributed by atoms with Gasteiger partial charge in [0.1, 0.15) is 11.2 Å². The normalized spacial score (nSPS) is 27.1. The van der Waals surface area contributed by atoms with Gasteiger partial charge in [-0.1, -0.05) is 13.2 Å². The van der Waals surface area contributed by atoms with Gasteiger partial charge in [-0.05, 0) is 12.8 Å². The molecule has 0 saturated heterocycles. The molecule has 0 bridgehead atoms. The van der Waals surface area contributed by atoms with Crippen LogP contribution in [0.3, 0.4) is 0 Å². The molecule has 9 heteroatoms. The van der Waals surface area contributed by atoms with Gasteiger partial charge in [0.15, 0.2) is 0 Å². The van der Waals surface area contributed by atoms with Crippen LogP contribution in [0.1, 0.15) is 52.4 Å². The van der Waals surface area contributed by atoms with Crippen molar-refractivity contribution in [1.82, 2.24) is 0 Å². The number of unbranched alkanes of at least 4 members (excludes halogenated alkanes) is 2. The zero-order chi connectivity index (χ0) is 23.9. The van der Waals surface area contributed by atoms with Gasteiger partial charge in [-0.15, -0.1) is 0 Å². The summed E-state index contributed by atoms with van der Waals surface area (Å²) in [7, 11) is 0. The first-order chi connectivity index (χ1) is 14.6. The third kappa shape index (κ3) is 11.2. The Labute approximate surface area is 195 Å². The van der Waals surface area contributed by atoms with E-state index in [-0.39, 0.29) is 59.0 Å². The molecule has 0 spiro atoms. The van der Waals surface area contributed by atoms with E-state index in [2.05, 4.69) is 27.0 Å². The number of carboxylic acids is 2. The van der Waals surface area contributed by atoms with Crippen molar-refractivity contribution >= 4 is 33.1 Å². The van der Waals surface area contributed by atoms with Gasteiger partial charge in [-0.25, -0.2) is 0 Å². The summed E-state index contributed by atoms with van der Waals surface area (Å²) in [5.74, 6) is -3.53. The summed E-state index contributed by atoms with van der Waals surface area (Å²) in [5, 5.41) is 38.7. The summed E-state index contributed by atoms with van der Waals surface area (Å²) in [5.41, 5.74) is -3.30. The fourth-order valence-corrected chi connectivity index (χ4v) is 6.78. The Kier molecular flexibility index (Phi) is 14.9. The molecule has 2 aliphatic rings. The number of carbonyl (C=O) groups is 2. The van der Waals surface area contributed by atoms with E-state index in [9.17, 15) is 19.8 Å². The van der Waals surface area contributed by atoms with Gasteiger partial charge in [-0.3, -0.25) is 0 Å². The average Bonchev–Trinajstić information content (AvgIpc) is 3.61. The number of carboxylic acid groups (broad SMARTS) is 2. The van der Waals surface area contributed by atoms with Gasteiger partial charge in [-0.2, -0.15) is 0 Å². The third-order valence-electron chi connectivity index (χ3n) is 5.10. The molecule has 0 radical (unpaired) electrons. The number of hydrogen-bond acceptors (Lipinski definition) is 8. The first kappa shape index (κ1) is 29.7. The molecule has 0 aromatic rings. The Bertz CT molecular complexity index is 522. The minimum atomic E-state index is -1.65. The number of carbonyl (C=O) groups excluding carboxylic acids is 2. The molecule has 2 aliphatic carbocycles. The second-order valence-electron chi connectivity index (χ2n) is 7.68. The van der Waals surface area contributed by atoms with Crippen molar-refractivity contribution in [1.29, 1.82) is 0 Å². The number of hydrogen-bond donors (Lipinski definition) is 2. The monoisotopic (exact) mass is 548 g/mol. The van der Waals surface area contributed by atoms with Crippen LogP contribution in [0.15, 0.2) is 25.7 Å². The van der Waals surface area contributed by atoms with Crippen molar-refractivity contribution in [2.45, 2.75) is 72.4 Å². The number of aliphatic carboxylic acids is 2. The molecule has 0 heterocycles. The predicted octanol–water partition coefficient (Wildman–Crippen LogP) is 0.422. The Morgan fingerprint density at radius 2 is 1.29 bits per heavy atom. The van der Waals surface area contributed by atoms with Crippen LogP contribution in [0.2, 0.25) is 8.87 Å². The van der Waals surface area contributed by atoms with Crippen molar-refractivity contribution < 1.29 is 39.5 Å². The average molecular weight is 547 g/mol. The zero-order valence-electron chi connectivity index (χ0n) is 18.6. The Hall–Kier alpha value is -1.26. The maximum absolute atomic E-state index is 10.2. The van der Waals surface area contributed by atoms with Crippen LogP contribution in [-0.4, -0.2) is 67.7 Å². The molecule has 2 rings (SSSR count). The summed E-state index contributed by atoms with van der Waals surface area (Å²) in [6, 6.07) is 0. The summed E-state index contributed by atoms with van der Waals surface area (Å²) in [6.07, 6.45) is 8.69. The Morgan fingerprint density at radius 3 is 1.52 bits per heavy atom. The SMILES string of the molecule is C=COCC1CC1(O)C(=O)[O-].C=COCC1CC1(O)C(=O)[O-].CCC[CH2][Sn+2][CH2]CCC. The van der Waals surface area contributed by atoms with Gasteiger partial charge < -0.3 is 39.5 Å². The molecule has 0 amide bonds. The van der Waals surface area contributed by atoms with Gasteiger partial charge in [0.25, 0.3) is 0 Å². The van der Waals surface area contributed by atoms with Crippen LogP contribution >= 0.6 is 0 Å². The molecule has 0 aliphatic heterocycles. The number of aliphatic hydroxyl groups is 2. The standard InChI is InChI=1S/2C7H10O4.2C4H9.Sn/c2*1-2-11-4-5-3-7(5,10)6(8)9;2*1-3-4-2;/h2*2,5,10H,1,3-4H2,(H,8,9);2*1,3-4H2,2H3;/q;;;;+2/p-2. The van der Waals surface area contributed by atoms with Crippen molar-refractivity contribution in [3.8, 4) is 0 Å². The summed E-state index contributed by atoms with van der Waals surface area (Å²) in [6.45, 7) is 11.5. The van der Waals surface area contributed by atoms with E-state index in [1.165, 1.54) is 38.2 Å². The Morgan fingerprint density at radius 1 is 0.935 bits per heavy atom.